The molecule has 0 atom stereocenters. The van der Waals surface area contributed by atoms with Crippen molar-refractivity contribution in [3.05, 3.63) is 29.1 Å². The lowest BCUT2D eigenvalue weighted by molar-refractivity contribution is -0.116. The molecule has 0 bridgehead atoms. The Labute approximate surface area is 105 Å². The SMILES string of the molecule is CNCCC(=O)Nc1cc(C(N)=O)cc(F)c1C. The molecular weight excluding hydrogens is 237 g/mol. The molecule has 98 valence electrons. The molecule has 0 spiro atoms. The van der Waals surface area contributed by atoms with Gasteiger partial charge < -0.3 is 16.4 Å². The van der Waals surface area contributed by atoms with Crippen molar-refractivity contribution >= 4 is 17.5 Å². The quantitative estimate of drug-likeness (QED) is 0.725. The second-order valence-corrected chi connectivity index (χ2v) is 3.90. The maximum absolute atomic E-state index is 13.5. The van der Waals surface area contributed by atoms with Gasteiger partial charge in [0.2, 0.25) is 11.8 Å². The van der Waals surface area contributed by atoms with Crippen LogP contribution in [0.5, 0.6) is 0 Å². The first kappa shape index (κ1) is 14.1. The van der Waals surface area contributed by atoms with E-state index in [-0.39, 0.29) is 29.1 Å². The van der Waals surface area contributed by atoms with Gasteiger partial charge in [-0.1, -0.05) is 0 Å². The third kappa shape index (κ3) is 3.53. The number of nitrogens with two attached hydrogens (primary N) is 1. The van der Waals surface area contributed by atoms with E-state index in [9.17, 15) is 14.0 Å². The monoisotopic (exact) mass is 253 g/mol. The summed E-state index contributed by atoms with van der Waals surface area (Å²) in [7, 11) is 1.73. The second kappa shape index (κ2) is 6.11. The summed E-state index contributed by atoms with van der Waals surface area (Å²) in [4.78, 5) is 22.5. The standard InChI is InChI=1S/C12H16FN3O2/c1-7-9(13)5-8(12(14)18)6-10(7)16-11(17)3-4-15-2/h5-6,15H,3-4H2,1-2H3,(H2,14,18)(H,16,17). The minimum absolute atomic E-state index is 0.0296. The minimum Gasteiger partial charge on any atom is -0.366 e. The normalized spacial score (nSPS) is 10.2. The zero-order valence-corrected chi connectivity index (χ0v) is 10.3. The molecule has 0 fully saturated rings. The predicted molar refractivity (Wildman–Crippen MR) is 66.8 cm³/mol. The van der Waals surface area contributed by atoms with E-state index in [1.54, 1.807) is 7.05 Å². The molecule has 0 aliphatic carbocycles. The van der Waals surface area contributed by atoms with E-state index in [2.05, 4.69) is 10.6 Å². The Morgan fingerprint density at radius 3 is 2.61 bits per heavy atom. The molecule has 0 saturated heterocycles. The Kier molecular flexibility index (Phi) is 4.79. The lowest BCUT2D eigenvalue weighted by Gasteiger charge is -2.10. The molecular formula is C12H16FN3O2. The molecule has 0 heterocycles. The van der Waals surface area contributed by atoms with Crippen LogP contribution in [0.3, 0.4) is 0 Å². The van der Waals surface area contributed by atoms with Crippen LogP contribution in [-0.2, 0) is 4.79 Å². The third-order valence-electron chi connectivity index (χ3n) is 2.50. The van der Waals surface area contributed by atoms with Crippen molar-refractivity contribution in [2.75, 3.05) is 18.9 Å². The predicted octanol–water partition coefficient (Wildman–Crippen LogP) is 0.781. The number of primary amides is 1. The largest absolute Gasteiger partial charge is 0.366 e. The lowest BCUT2D eigenvalue weighted by atomic mass is 10.1. The van der Waals surface area contributed by atoms with Gasteiger partial charge >= 0.3 is 0 Å². The first-order valence-corrected chi connectivity index (χ1v) is 5.50. The highest BCUT2D eigenvalue weighted by molar-refractivity contribution is 5.97. The molecule has 2 amide bonds. The average Bonchev–Trinajstić information content (AvgIpc) is 2.31. The van der Waals surface area contributed by atoms with Crippen molar-refractivity contribution in [2.45, 2.75) is 13.3 Å². The number of anilines is 1. The topological polar surface area (TPSA) is 84.2 Å². The van der Waals surface area contributed by atoms with E-state index >= 15 is 0 Å². The summed E-state index contributed by atoms with van der Waals surface area (Å²) in [6.45, 7) is 2.04. The molecule has 18 heavy (non-hydrogen) atoms. The fraction of sp³-hybridized carbons (Fsp3) is 0.333. The number of carbonyl (C=O) groups excluding carboxylic acids is 2. The molecule has 0 unspecified atom stereocenters. The van der Waals surface area contributed by atoms with Crippen molar-refractivity contribution in [3.8, 4) is 0 Å². The van der Waals surface area contributed by atoms with Crippen molar-refractivity contribution in [1.29, 1.82) is 0 Å². The van der Waals surface area contributed by atoms with E-state index in [0.29, 0.717) is 6.54 Å². The van der Waals surface area contributed by atoms with Crippen LogP contribution in [0, 0.1) is 12.7 Å². The van der Waals surface area contributed by atoms with Crippen LogP contribution >= 0.6 is 0 Å². The van der Waals surface area contributed by atoms with Gasteiger partial charge in [0.25, 0.3) is 0 Å². The molecule has 0 aliphatic heterocycles. The summed E-state index contributed by atoms with van der Waals surface area (Å²) in [5.74, 6) is -1.57. The van der Waals surface area contributed by atoms with Crippen LogP contribution in [0.4, 0.5) is 10.1 Å². The highest BCUT2D eigenvalue weighted by atomic mass is 19.1. The number of hydrogen-bond donors (Lipinski definition) is 3. The number of nitrogens with one attached hydrogen (secondary N) is 2. The Bertz CT molecular complexity index is 475. The molecule has 1 aromatic carbocycles. The van der Waals surface area contributed by atoms with E-state index < -0.39 is 11.7 Å². The number of hydrogen-bond acceptors (Lipinski definition) is 3. The lowest BCUT2D eigenvalue weighted by Crippen LogP contribution is -2.20. The van der Waals surface area contributed by atoms with Crippen LogP contribution in [0.15, 0.2) is 12.1 Å². The molecule has 6 heteroatoms. The van der Waals surface area contributed by atoms with Gasteiger partial charge in [-0.05, 0) is 26.1 Å². The van der Waals surface area contributed by atoms with Crippen LogP contribution < -0.4 is 16.4 Å². The average molecular weight is 253 g/mol. The summed E-state index contributed by atoms with van der Waals surface area (Å²) in [5.41, 5.74) is 5.66. The molecule has 4 N–H and O–H groups in total. The molecule has 1 aromatic rings. The van der Waals surface area contributed by atoms with Crippen LogP contribution in [0.25, 0.3) is 0 Å². The smallest absolute Gasteiger partial charge is 0.248 e. The van der Waals surface area contributed by atoms with Gasteiger partial charge in [0.05, 0.1) is 0 Å². The molecule has 0 aromatic heterocycles. The number of carbonyl (C=O) groups is 2. The Morgan fingerprint density at radius 1 is 1.39 bits per heavy atom. The molecule has 0 saturated carbocycles. The Balaban J connectivity index is 2.94. The summed E-state index contributed by atoms with van der Waals surface area (Å²) in [6, 6.07) is 2.43. The van der Waals surface area contributed by atoms with Gasteiger partial charge in [0.1, 0.15) is 5.82 Å². The summed E-state index contributed by atoms with van der Waals surface area (Å²) in [5, 5.41) is 5.39. The van der Waals surface area contributed by atoms with Gasteiger partial charge in [0.15, 0.2) is 0 Å². The fourth-order valence-corrected chi connectivity index (χ4v) is 1.40. The zero-order chi connectivity index (χ0) is 13.7. The molecule has 1 rings (SSSR count). The summed E-state index contributed by atoms with van der Waals surface area (Å²) >= 11 is 0. The van der Waals surface area contributed by atoms with Crippen molar-refractivity contribution in [2.24, 2.45) is 5.73 Å². The highest BCUT2D eigenvalue weighted by Gasteiger charge is 2.12. The third-order valence-corrected chi connectivity index (χ3v) is 2.50. The first-order valence-electron chi connectivity index (χ1n) is 5.50. The van der Waals surface area contributed by atoms with E-state index in [0.717, 1.165) is 6.07 Å². The van der Waals surface area contributed by atoms with Crippen LogP contribution in [0.2, 0.25) is 0 Å². The second-order valence-electron chi connectivity index (χ2n) is 3.90. The number of amides is 2. The molecule has 0 radical (unpaired) electrons. The zero-order valence-electron chi connectivity index (χ0n) is 10.3. The summed E-state index contributed by atoms with van der Waals surface area (Å²) < 4.78 is 13.5. The van der Waals surface area contributed by atoms with Gasteiger partial charge in [-0.25, -0.2) is 4.39 Å². The Hall–Kier alpha value is -1.95. The summed E-state index contributed by atoms with van der Waals surface area (Å²) in [6.07, 6.45) is 0.262. The van der Waals surface area contributed by atoms with E-state index in [4.69, 9.17) is 5.73 Å². The van der Waals surface area contributed by atoms with Crippen molar-refractivity contribution in [1.82, 2.24) is 5.32 Å². The number of rotatable bonds is 5. The number of halogens is 1. The maximum Gasteiger partial charge on any atom is 0.248 e. The molecule has 5 nitrogen and oxygen atoms in total. The van der Waals surface area contributed by atoms with Gasteiger partial charge in [-0.15, -0.1) is 0 Å². The van der Waals surface area contributed by atoms with Crippen LogP contribution in [-0.4, -0.2) is 25.4 Å². The van der Waals surface area contributed by atoms with Crippen LogP contribution in [0.1, 0.15) is 22.3 Å². The van der Waals surface area contributed by atoms with Gasteiger partial charge in [-0.3, -0.25) is 9.59 Å². The van der Waals surface area contributed by atoms with E-state index in [1.807, 2.05) is 0 Å². The highest BCUT2D eigenvalue weighted by Crippen LogP contribution is 2.20. The van der Waals surface area contributed by atoms with Crippen molar-refractivity contribution < 1.29 is 14.0 Å². The van der Waals surface area contributed by atoms with Gasteiger partial charge in [0, 0.05) is 29.8 Å². The van der Waals surface area contributed by atoms with E-state index in [1.165, 1.54) is 13.0 Å². The maximum atomic E-state index is 13.5. The van der Waals surface area contributed by atoms with Gasteiger partial charge in [-0.2, -0.15) is 0 Å². The first-order chi connectivity index (χ1) is 8.45. The molecule has 0 aliphatic rings. The Morgan fingerprint density at radius 2 is 2.06 bits per heavy atom. The van der Waals surface area contributed by atoms with Crippen molar-refractivity contribution in [3.63, 3.8) is 0 Å². The number of benzene rings is 1. The fourth-order valence-electron chi connectivity index (χ4n) is 1.40. The minimum atomic E-state index is -0.736.